The molecule has 0 aliphatic carbocycles. The second-order valence-electron chi connectivity index (χ2n) is 5.04. The summed E-state index contributed by atoms with van der Waals surface area (Å²) >= 11 is 0. The largest absolute Gasteiger partial charge is 0.463 e. The number of carbonyl (C=O) groups is 1. The quantitative estimate of drug-likeness (QED) is 0.309. The van der Waals surface area contributed by atoms with Gasteiger partial charge < -0.3 is 4.42 Å². The van der Waals surface area contributed by atoms with Crippen molar-refractivity contribution in [2.45, 2.75) is 6.92 Å². The molecule has 2 aromatic heterocycles. The minimum Gasteiger partial charge on any atom is -0.463 e. The molecule has 0 fully saturated rings. The maximum Gasteiger partial charge on any atom is 0.269 e. The third kappa shape index (κ3) is 2.52. The van der Waals surface area contributed by atoms with Crippen molar-refractivity contribution in [2.75, 3.05) is 0 Å². The molecule has 2 heterocycles. The van der Waals surface area contributed by atoms with Crippen LogP contribution in [0.1, 0.15) is 16.1 Å². The van der Waals surface area contributed by atoms with Crippen molar-refractivity contribution in [3.05, 3.63) is 76.7 Å². The van der Waals surface area contributed by atoms with Crippen LogP contribution in [0.25, 0.3) is 17.1 Å². The Kier molecular flexibility index (Phi) is 3.83. The topological polar surface area (TPSA) is 91.2 Å². The van der Waals surface area contributed by atoms with E-state index in [1.807, 2.05) is 0 Å². The number of hydrogen-bond acceptors (Lipinski definition) is 5. The maximum atomic E-state index is 12.2. The minimum absolute atomic E-state index is 0.0165. The molecule has 7 heteroatoms. The van der Waals surface area contributed by atoms with Gasteiger partial charge in [-0.05, 0) is 37.3 Å². The van der Waals surface area contributed by atoms with Gasteiger partial charge in [0, 0.05) is 12.1 Å². The summed E-state index contributed by atoms with van der Waals surface area (Å²) in [6.07, 6.45) is 2.72. The summed E-state index contributed by atoms with van der Waals surface area (Å²) in [5.41, 5.74) is 1.98. The summed E-state index contributed by atoms with van der Waals surface area (Å²) in [4.78, 5) is 22.5. The molecule has 0 aliphatic rings. The molecule has 1 aromatic carbocycles. The van der Waals surface area contributed by atoms with Crippen LogP contribution in [0.4, 0.5) is 5.69 Å². The van der Waals surface area contributed by atoms with Crippen LogP contribution in [0.15, 0.2) is 59.7 Å². The summed E-state index contributed by atoms with van der Waals surface area (Å²) in [6, 6.07) is 9.34. The summed E-state index contributed by atoms with van der Waals surface area (Å²) in [7, 11) is 0. The molecule has 0 N–H and O–H groups in total. The number of carbonyl (C=O) groups excluding carboxylic acids is 1. The van der Waals surface area contributed by atoms with Gasteiger partial charge in [-0.1, -0.05) is 6.58 Å². The van der Waals surface area contributed by atoms with E-state index in [2.05, 4.69) is 11.7 Å². The number of nitro benzene ring substituents is 1. The fourth-order valence-corrected chi connectivity index (χ4v) is 2.45. The van der Waals surface area contributed by atoms with Crippen molar-refractivity contribution in [1.82, 2.24) is 9.78 Å². The first-order valence-corrected chi connectivity index (χ1v) is 7.08. The first-order chi connectivity index (χ1) is 11.5. The predicted molar refractivity (Wildman–Crippen MR) is 87.2 cm³/mol. The Hall–Kier alpha value is -3.48. The monoisotopic (exact) mass is 323 g/mol. The van der Waals surface area contributed by atoms with Crippen LogP contribution in [0, 0.1) is 17.0 Å². The molecule has 120 valence electrons. The normalized spacial score (nSPS) is 10.5. The van der Waals surface area contributed by atoms with Gasteiger partial charge in [-0.15, -0.1) is 0 Å². The first-order valence-electron chi connectivity index (χ1n) is 7.08. The zero-order valence-electron chi connectivity index (χ0n) is 12.8. The smallest absolute Gasteiger partial charge is 0.269 e. The highest BCUT2D eigenvalue weighted by atomic mass is 16.6. The molecule has 3 rings (SSSR count). The number of hydrogen-bond donors (Lipinski definition) is 0. The van der Waals surface area contributed by atoms with Crippen molar-refractivity contribution in [3.8, 4) is 17.1 Å². The lowest BCUT2D eigenvalue weighted by molar-refractivity contribution is -0.384. The number of rotatable bonds is 5. The molecule has 0 amide bonds. The zero-order chi connectivity index (χ0) is 17.3. The van der Waals surface area contributed by atoms with E-state index < -0.39 is 4.92 Å². The molecule has 0 atom stereocenters. The minimum atomic E-state index is -0.472. The fourth-order valence-electron chi connectivity index (χ4n) is 2.45. The fraction of sp³-hybridized carbons (Fsp3) is 0.0588. The Bertz CT molecular complexity index is 922. The van der Waals surface area contributed by atoms with Gasteiger partial charge in [0.1, 0.15) is 5.69 Å². The summed E-state index contributed by atoms with van der Waals surface area (Å²) < 4.78 is 6.91. The Morgan fingerprint density at radius 1 is 1.33 bits per heavy atom. The van der Waals surface area contributed by atoms with E-state index in [9.17, 15) is 14.9 Å². The maximum absolute atomic E-state index is 12.2. The van der Waals surface area contributed by atoms with Gasteiger partial charge in [0.15, 0.2) is 11.5 Å². The Morgan fingerprint density at radius 2 is 2.04 bits per heavy atom. The van der Waals surface area contributed by atoms with Crippen molar-refractivity contribution in [1.29, 1.82) is 0 Å². The molecular weight excluding hydrogens is 310 g/mol. The highest BCUT2D eigenvalue weighted by molar-refractivity contribution is 6.08. The number of non-ortho nitro benzene ring substituents is 1. The number of allylic oxidation sites excluding steroid dienone is 1. The molecule has 0 bridgehead atoms. The second-order valence-corrected chi connectivity index (χ2v) is 5.04. The summed E-state index contributed by atoms with van der Waals surface area (Å²) in [5.74, 6) is 0.191. The molecule has 0 saturated heterocycles. The van der Waals surface area contributed by atoms with Crippen molar-refractivity contribution >= 4 is 11.5 Å². The van der Waals surface area contributed by atoms with Gasteiger partial charge in [-0.2, -0.15) is 5.10 Å². The van der Waals surface area contributed by atoms with E-state index >= 15 is 0 Å². The van der Waals surface area contributed by atoms with E-state index in [-0.39, 0.29) is 11.5 Å². The van der Waals surface area contributed by atoms with Crippen LogP contribution in [0.2, 0.25) is 0 Å². The SMILES string of the molecule is C=CC(=O)c1c(-c2ccco2)nn(-c2ccc([N+](=O)[O-])cc2)c1C. The molecule has 24 heavy (non-hydrogen) atoms. The van der Waals surface area contributed by atoms with Gasteiger partial charge in [0.05, 0.1) is 28.1 Å². The first kappa shape index (κ1) is 15.4. The Labute approximate surface area is 137 Å². The zero-order valence-corrected chi connectivity index (χ0v) is 12.8. The van der Waals surface area contributed by atoms with Gasteiger partial charge >= 0.3 is 0 Å². The van der Waals surface area contributed by atoms with Crippen molar-refractivity contribution in [2.24, 2.45) is 0 Å². The average molecular weight is 323 g/mol. The number of ketones is 1. The van der Waals surface area contributed by atoms with Crippen LogP contribution in [-0.4, -0.2) is 20.5 Å². The Morgan fingerprint density at radius 3 is 2.58 bits per heavy atom. The third-order valence-electron chi connectivity index (χ3n) is 3.61. The lowest BCUT2D eigenvalue weighted by Crippen LogP contribution is -2.01. The second kappa shape index (κ2) is 5.96. The van der Waals surface area contributed by atoms with Gasteiger partial charge in [0.25, 0.3) is 5.69 Å². The van der Waals surface area contributed by atoms with Gasteiger partial charge in [-0.3, -0.25) is 14.9 Å². The van der Waals surface area contributed by atoms with E-state index in [0.29, 0.717) is 28.4 Å². The summed E-state index contributed by atoms with van der Waals surface area (Å²) in [6.45, 7) is 5.27. The number of benzene rings is 1. The number of nitrogens with zero attached hydrogens (tertiary/aromatic N) is 3. The van der Waals surface area contributed by atoms with E-state index in [0.717, 1.165) is 0 Å². The third-order valence-corrected chi connectivity index (χ3v) is 3.61. The standard InChI is InChI=1S/C17H13N3O4/c1-3-14(21)16-11(2)19(18-17(16)15-5-4-10-24-15)12-6-8-13(9-7-12)20(22)23/h3-10H,1H2,2H3. The molecule has 0 saturated carbocycles. The Balaban J connectivity index is 2.17. The molecule has 0 unspecified atom stereocenters. The van der Waals surface area contributed by atoms with Crippen LogP contribution in [0.5, 0.6) is 0 Å². The molecule has 0 spiro atoms. The van der Waals surface area contributed by atoms with Gasteiger partial charge in [0.2, 0.25) is 0 Å². The summed E-state index contributed by atoms with van der Waals surface area (Å²) in [5, 5.41) is 15.2. The number of furan rings is 1. The predicted octanol–water partition coefficient (Wildman–Crippen LogP) is 3.72. The molecule has 0 radical (unpaired) electrons. The number of nitro groups is 1. The van der Waals surface area contributed by atoms with Crippen LogP contribution in [-0.2, 0) is 0 Å². The highest BCUT2D eigenvalue weighted by Gasteiger charge is 2.23. The van der Waals surface area contributed by atoms with E-state index in [1.165, 1.54) is 24.5 Å². The van der Waals surface area contributed by atoms with Crippen LogP contribution >= 0.6 is 0 Å². The van der Waals surface area contributed by atoms with Crippen molar-refractivity contribution < 1.29 is 14.1 Å². The van der Waals surface area contributed by atoms with Crippen molar-refractivity contribution in [3.63, 3.8) is 0 Å². The van der Waals surface area contributed by atoms with Gasteiger partial charge in [-0.25, -0.2) is 4.68 Å². The lowest BCUT2D eigenvalue weighted by Gasteiger charge is -2.04. The van der Waals surface area contributed by atoms with E-state index in [1.54, 1.807) is 35.9 Å². The van der Waals surface area contributed by atoms with Crippen LogP contribution < -0.4 is 0 Å². The lowest BCUT2D eigenvalue weighted by atomic mass is 10.1. The molecule has 7 nitrogen and oxygen atoms in total. The molecule has 3 aromatic rings. The van der Waals surface area contributed by atoms with E-state index in [4.69, 9.17) is 4.42 Å². The molecule has 0 aliphatic heterocycles. The van der Waals surface area contributed by atoms with Crippen LogP contribution in [0.3, 0.4) is 0 Å². The number of aromatic nitrogens is 2. The molecular formula is C17H13N3O4. The highest BCUT2D eigenvalue weighted by Crippen LogP contribution is 2.28. The average Bonchev–Trinajstić information content (AvgIpc) is 3.22.